The Kier molecular flexibility index (Phi) is 4.05. The van der Waals surface area contributed by atoms with E-state index in [0.29, 0.717) is 12.3 Å². The molecule has 0 spiro atoms. The van der Waals surface area contributed by atoms with Gasteiger partial charge in [0.05, 0.1) is 16.0 Å². The lowest BCUT2D eigenvalue weighted by Crippen LogP contribution is -2.45. The zero-order valence-electron chi connectivity index (χ0n) is 11.8. The van der Waals surface area contributed by atoms with Gasteiger partial charge in [0.2, 0.25) is 0 Å². The van der Waals surface area contributed by atoms with Crippen molar-refractivity contribution < 1.29 is 13.2 Å². The van der Waals surface area contributed by atoms with Crippen LogP contribution in [0, 0.1) is 0 Å². The molecule has 116 valence electrons. The normalized spacial score (nSPS) is 23.7. The molecule has 0 aromatic heterocycles. The van der Waals surface area contributed by atoms with Crippen LogP contribution in [0.1, 0.15) is 31.2 Å². The Labute approximate surface area is 134 Å². The van der Waals surface area contributed by atoms with E-state index in [4.69, 9.17) is 10.5 Å². The molecular weight excluding hydrogens is 354 g/mol. The van der Waals surface area contributed by atoms with Gasteiger partial charge in [-0.2, -0.15) is 0 Å². The number of nitrogens with two attached hydrogens (primary N) is 1. The zero-order chi connectivity index (χ0) is 15.1. The standard InChI is InChI=1S/C15H20BrNO3S/c16-13-7-11(15(10-17)5-1-2-6-15)3-4-14(13)20-12-8-21(18,19)9-12/h3-4,7,12H,1-2,5-6,8-10,17H2. The van der Waals surface area contributed by atoms with Gasteiger partial charge in [0.25, 0.3) is 0 Å². The number of sulfone groups is 1. The molecule has 2 N–H and O–H groups in total. The van der Waals surface area contributed by atoms with Crippen LogP contribution in [0.3, 0.4) is 0 Å². The summed E-state index contributed by atoms with van der Waals surface area (Å²) in [4.78, 5) is 0. The van der Waals surface area contributed by atoms with Crippen LogP contribution < -0.4 is 10.5 Å². The molecule has 4 nitrogen and oxygen atoms in total. The summed E-state index contributed by atoms with van der Waals surface area (Å²) in [5, 5.41) is 0. The first-order chi connectivity index (χ1) is 9.94. The van der Waals surface area contributed by atoms with E-state index in [1.165, 1.54) is 18.4 Å². The van der Waals surface area contributed by atoms with Gasteiger partial charge < -0.3 is 10.5 Å². The fourth-order valence-corrected chi connectivity index (χ4v) is 5.00. The molecule has 0 radical (unpaired) electrons. The van der Waals surface area contributed by atoms with E-state index in [1.807, 2.05) is 6.07 Å². The number of halogens is 1. The predicted octanol–water partition coefficient (Wildman–Crippen LogP) is 2.40. The molecule has 6 heteroatoms. The van der Waals surface area contributed by atoms with Crippen molar-refractivity contribution in [3.8, 4) is 5.75 Å². The van der Waals surface area contributed by atoms with Crippen molar-refractivity contribution in [2.45, 2.75) is 37.2 Å². The Morgan fingerprint density at radius 1 is 1.29 bits per heavy atom. The minimum atomic E-state index is -2.86. The molecular formula is C15H20BrNO3S. The van der Waals surface area contributed by atoms with E-state index in [9.17, 15) is 8.42 Å². The molecule has 0 amide bonds. The SMILES string of the molecule is NCC1(c2ccc(OC3CS(=O)(=O)C3)c(Br)c2)CCCC1. The lowest BCUT2D eigenvalue weighted by molar-refractivity contribution is 0.228. The van der Waals surface area contributed by atoms with Gasteiger partial charge in [0.1, 0.15) is 11.9 Å². The first kappa shape index (κ1) is 15.3. The summed E-state index contributed by atoms with van der Waals surface area (Å²) in [6.45, 7) is 0.667. The van der Waals surface area contributed by atoms with Gasteiger partial charge in [-0.05, 0) is 46.5 Å². The summed E-state index contributed by atoms with van der Waals surface area (Å²) in [7, 11) is -2.86. The molecule has 1 heterocycles. The molecule has 1 saturated carbocycles. The molecule has 1 aromatic carbocycles. The Morgan fingerprint density at radius 3 is 2.48 bits per heavy atom. The van der Waals surface area contributed by atoms with Gasteiger partial charge in [-0.15, -0.1) is 0 Å². The maximum absolute atomic E-state index is 11.2. The van der Waals surface area contributed by atoms with Crippen LogP contribution in [-0.2, 0) is 15.3 Å². The molecule has 0 atom stereocenters. The number of benzene rings is 1. The average Bonchev–Trinajstić information content (AvgIpc) is 2.89. The molecule has 2 fully saturated rings. The van der Waals surface area contributed by atoms with Crippen molar-refractivity contribution in [1.29, 1.82) is 0 Å². The Balaban J connectivity index is 1.77. The zero-order valence-corrected chi connectivity index (χ0v) is 14.2. The molecule has 2 aliphatic rings. The van der Waals surface area contributed by atoms with E-state index < -0.39 is 9.84 Å². The van der Waals surface area contributed by atoms with Crippen LogP contribution in [0.25, 0.3) is 0 Å². The highest BCUT2D eigenvalue weighted by Gasteiger charge is 2.37. The van der Waals surface area contributed by atoms with Gasteiger partial charge in [0, 0.05) is 12.0 Å². The minimum absolute atomic E-state index is 0.0981. The number of hydrogen-bond donors (Lipinski definition) is 1. The van der Waals surface area contributed by atoms with E-state index in [2.05, 4.69) is 28.1 Å². The maximum atomic E-state index is 11.2. The topological polar surface area (TPSA) is 69.4 Å². The van der Waals surface area contributed by atoms with Crippen LogP contribution in [0.5, 0.6) is 5.75 Å². The van der Waals surface area contributed by atoms with Crippen LogP contribution in [-0.4, -0.2) is 32.6 Å². The van der Waals surface area contributed by atoms with Gasteiger partial charge >= 0.3 is 0 Å². The van der Waals surface area contributed by atoms with Crippen LogP contribution in [0.4, 0.5) is 0 Å². The van der Waals surface area contributed by atoms with E-state index in [-0.39, 0.29) is 23.0 Å². The molecule has 1 aromatic rings. The molecule has 1 aliphatic carbocycles. The average molecular weight is 374 g/mol. The second-order valence-corrected chi connectivity index (χ2v) is 9.16. The highest BCUT2D eigenvalue weighted by Crippen LogP contribution is 2.42. The Morgan fingerprint density at radius 2 is 1.95 bits per heavy atom. The van der Waals surface area contributed by atoms with Crippen molar-refractivity contribution in [2.75, 3.05) is 18.1 Å². The van der Waals surface area contributed by atoms with Crippen molar-refractivity contribution in [3.63, 3.8) is 0 Å². The quantitative estimate of drug-likeness (QED) is 0.879. The summed E-state index contributed by atoms with van der Waals surface area (Å²) in [6, 6.07) is 6.09. The van der Waals surface area contributed by atoms with E-state index in [1.54, 1.807) is 0 Å². The van der Waals surface area contributed by atoms with Crippen LogP contribution in [0.15, 0.2) is 22.7 Å². The molecule has 1 saturated heterocycles. The van der Waals surface area contributed by atoms with Crippen LogP contribution in [0.2, 0.25) is 0 Å². The third-order valence-corrected chi connectivity index (χ3v) is 7.05. The fourth-order valence-electron chi connectivity index (χ4n) is 3.35. The third-order valence-electron chi connectivity index (χ3n) is 4.67. The molecule has 3 rings (SSSR count). The smallest absolute Gasteiger partial charge is 0.157 e. The molecule has 0 bridgehead atoms. The van der Waals surface area contributed by atoms with Gasteiger partial charge in [-0.1, -0.05) is 18.9 Å². The Hall–Kier alpha value is -0.590. The number of rotatable bonds is 4. The first-order valence-electron chi connectivity index (χ1n) is 7.31. The van der Waals surface area contributed by atoms with Gasteiger partial charge in [-0.3, -0.25) is 0 Å². The lowest BCUT2D eigenvalue weighted by Gasteiger charge is -2.30. The van der Waals surface area contributed by atoms with Gasteiger partial charge in [-0.25, -0.2) is 8.42 Å². The van der Waals surface area contributed by atoms with Crippen molar-refractivity contribution in [2.24, 2.45) is 5.73 Å². The first-order valence-corrected chi connectivity index (χ1v) is 9.93. The number of ether oxygens (including phenoxy) is 1. The van der Waals surface area contributed by atoms with Gasteiger partial charge in [0.15, 0.2) is 9.84 Å². The molecule has 0 unspecified atom stereocenters. The van der Waals surface area contributed by atoms with Crippen LogP contribution >= 0.6 is 15.9 Å². The maximum Gasteiger partial charge on any atom is 0.157 e. The fraction of sp³-hybridized carbons (Fsp3) is 0.600. The van der Waals surface area contributed by atoms with Crippen molar-refractivity contribution in [3.05, 3.63) is 28.2 Å². The molecule has 21 heavy (non-hydrogen) atoms. The summed E-state index contributed by atoms with van der Waals surface area (Å²) in [5.74, 6) is 0.950. The van der Waals surface area contributed by atoms with E-state index in [0.717, 1.165) is 17.3 Å². The predicted molar refractivity (Wildman–Crippen MR) is 86.4 cm³/mol. The number of hydrogen-bond acceptors (Lipinski definition) is 4. The summed E-state index contributed by atoms with van der Waals surface area (Å²) in [6.07, 6.45) is 4.51. The largest absolute Gasteiger partial charge is 0.487 e. The van der Waals surface area contributed by atoms with Crippen molar-refractivity contribution >= 4 is 25.8 Å². The summed E-state index contributed by atoms with van der Waals surface area (Å²) in [5.41, 5.74) is 7.37. The molecule has 1 aliphatic heterocycles. The summed E-state index contributed by atoms with van der Waals surface area (Å²) < 4.78 is 29.0. The second kappa shape index (κ2) is 5.56. The monoisotopic (exact) mass is 373 g/mol. The highest BCUT2D eigenvalue weighted by molar-refractivity contribution is 9.10. The highest BCUT2D eigenvalue weighted by atomic mass is 79.9. The van der Waals surface area contributed by atoms with E-state index >= 15 is 0 Å². The van der Waals surface area contributed by atoms with Crippen molar-refractivity contribution in [1.82, 2.24) is 0 Å². The second-order valence-electron chi connectivity index (χ2n) is 6.15. The Bertz CT molecular complexity index is 626. The lowest BCUT2D eigenvalue weighted by atomic mass is 9.79. The minimum Gasteiger partial charge on any atom is -0.487 e. The summed E-state index contributed by atoms with van der Waals surface area (Å²) >= 11 is 3.54. The third kappa shape index (κ3) is 2.98.